The van der Waals surface area contributed by atoms with Crippen molar-refractivity contribution in [3.05, 3.63) is 107 Å². The molecule has 1 aliphatic rings. The number of benzene rings is 3. The number of fused-ring (bicyclic) bond motifs is 1. The van der Waals surface area contributed by atoms with E-state index in [-0.39, 0.29) is 11.3 Å². The molecule has 5 nitrogen and oxygen atoms in total. The van der Waals surface area contributed by atoms with Crippen LogP contribution >= 0.6 is 11.6 Å². The van der Waals surface area contributed by atoms with Gasteiger partial charge in [0.1, 0.15) is 17.6 Å². The molecule has 0 aliphatic carbocycles. The molecule has 4 aromatic rings. The van der Waals surface area contributed by atoms with Crippen molar-refractivity contribution in [2.75, 3.05) is 4.90 Å². The van der Waals surface area contributed by atoms with Crippen molar-refractivity contribution in [1.82, 2.24) is 0 Å². The van der Waals surface area contributed by atoms with Crippen LogP contribution in [0.25, 0.3) is 16.5 Å². The third-order valence-electron chi connectivity index (χ3n) is 5.39. The Morgan fingerprint density at radius 1 is 0.935 bits per heavy atom. The molecule has 1 N–H and O–H groups in total. The summed E-state index contributed by atoms with van der Waals surface area (Å²) >= 11 is 6.13. The molecule has 1 atom stereocenters. The van der Waals surface area contributed by atoms with Crippen molar-refractivity contribution in [3.8, 4) is 0 Å². The standard InChI is InChI=1S/C25H16ClNO4/c26-16-8-4-9-17(14-16)27-22(20-12-5-13-31-20)21(24(29)25(27)30)23(28)19-11-3-7-15-6-1-2-10-18(15)19/h1-14,22,28H/b23-21-. The number of carbonyl (C=O) groups excluding carboxylic acids is 2. The van der Waals surface area contributed by atoms with Crippen molar-refractivity contribution in [2.24, 2.45) is 0 Å². The van der Waals surface area contributed by atoms with Crippen LogP contribution in [0.15, 0.2) is 95.1 Å². The summed E-state index contributed by atoms with van der Waals surface area (Å²) in [5, 5.41) is 13.4. The van der Waals surface area contributed by atoms with E-state index in [0.717, 1.165) is 10.8 Å². The van der Waals surface area contributed by atoms with Gasteiger partial charge in [-0.2, -0.15) is 0 Å². The number of Topliss-reactive ketones (excluding diaryl/α,β-unsaturated/α-hetero) is 1. The summed E-state index contributed by atoms with van der Waals surface area (Å²) in [5.74, 6) is -1.43. The molecular weight excluding hydrogens is 414 g/mol. The highest BCUT2D eigenvalue weighted by molar-refractivity contribution is 6.52. The predicted molar refractivity (Wildman–Crippen MR) is 119 cm³/mol. The summed E-state index contributed by atoms with van der Waals surface area (Å²) in [7, 11) is 0. The Morgan fingerprint density at radius 2 is 1.71 bits per heavy atom. The van der Waals surface area contributed by atoms with Crippen molar-refractivity contribution in [3.63, 3.8) is 0 Å². The van der Waals surface area contributed by atoms with Crippen LogP contribution < -0.4 is 4.90 Å². The third-order valence-corrected chi connectivity index (χ3v) is 5.62. The average Bonchev–Trinajstić information content (AvgIpc) is 3.40. The lowest BCUT2D eigenvalue weighted by Crippen LogP contribution is -2.29. The van der Waals surface area contributed by atoms with Crippen molar-refractivity contribution >= 4 is 45.5 Å². The van der Waals surface area contributed by atoms with Crippen LogP contribution in [-0.2, 0) is 9.59 Å². The smallest absolute Gasteiger partial charge is 0.300 e. The van der Waals surface area contributed by atoms with Gasteiger partial charge in [0.05, 0.1) is 11.8 Å². The molecular formula is C25H16ClNO4. The Morgan fingerprint density at radius 3 is 2.48 bits per heavy atom. The van der Waals surface area contributed by atoms with E-state index in [0.29, 0.717) is 22.0 Å². The Balaban J connectivity index is 1.77. The fourth-order valence-electron chi connectivity index (χ4n) is 4.02. The fraction of sp³-hybridized carbons (Fsp3) is 0.0400. The van der Waals surface area contributed by atoms with E-state index in [9.17, 15) is 14.7 Å². The van der Waals surface area contributed by atoms with Crippen LogP contribution in [-0.4, -0.2) is 16.8 Å². The Bertz CT molecular complexity index is 1350. The van der Waals surface area contributed by atoms with Crippen LogP contribution in [0.4, 0.5) is 5.69 Å². The molecule has 0 saturated carbocycles. The normalized spacial score (nSPS) is 18.1. The van der Waals surface area contributed by atoms with E-state index in [1.54, 1.807) is 48.5 Å². The van der Waals surface area contributed by atoms with Gasteiger partial charge in [0.25, 0.3) is 11.7 Å². The average molecular weight is 430 g/mol. The first kappa shape index (κ1) is 19.2. The van der Waals surface area contributed by atoms with Gasteiger partial charge < -0.3 is 9.52 Å². The zero-order chi connectivity index (χ0) is 21.5. The number of hydrogen-bond acceptors (Lipinski definition) is 4. The van der Waals surface area contributed by atoms with Crippen LogP contribution in [0.5, 0.6) is 0 Å². The minimum atomic E-state index is -0.924. The second-order valence-corrected chi connectivity index (χ2v) is 7.63. The highest BCUT2D eigenvalue weighted by Gasteiger charge is 2.48. The van der Waals surface area contributed by atoms with Crippen molar-refractivity contribution < 1.29 is 19.1 Å². The van der Waals surface area contributed by atoms with Gasteiger partial charge in [-0.3, -0.25) is 14.5 Å². The van der Waals surface area contributed by atoms with Gasteiger partial charge >= 0.3 is 0 Å². The van der Waals surface area contributed by atoms with Crippen LogP contribution in [0.3, 0.4) is 0 Å². The zero-order valence-corrected chi connectivity index (χ0v) is 16.9. The number of halogens is 1. The van der Waals surface area contributed by atoms with Crippen LogP contribution in [0.2, 0.25) is 5.02 Å². The molecule has 1 aliphatic heterocycles. The molecule has 0 spiro atoms. The number of aliphatic hydroxyl groups is 1. The molecule has 1 saturated heterocycles. The molecule has 2 heterocycles. The lowest BCUT2D eigenvalue weighted by molar-refractivity contribution is -0.132. The zero-order valence-electron chi connectivity index (χ0n) is 16.2. The maximum absolute atomic E-state index is 13.1. The Kier molecular flexibility index (Phi) is 4.60. The van der Waals surface area contributed by atoms with E-state index >= 15 is 0 Å². The fourth-order valence-corrected chi connectivity index (χ4v) is 4.20. The lowest BCUT2D eigenvalue weighted by atomic mass is 9.96. The molecule has 1 aromatic heterocycles. The maximum atomic E-state index is 13.1. The topological polar surface area (TPSA) is 70.8 Å². The molecule has 1 amide bonds. The highest BCUT2D eigenvalue weighted by atomic mass is 35.5. The van der Waals surface area contributed by atoms with Gasteiger partial charge in [-0.1, -0.05) is 60.1 Å². The molecule has 1 fully saturated rings. The van der Waals surface area contributed by atoms with Gasteiger partial charge in [-0.05, 0) is 41.1 Å². The predicted octanol–water partition coefficient (Wildman–Crippen LogP) is 5.71. The summed E-state index contributed by atoms with van der Waals surface area (Å²) in [6.45, 7) is 0. The SMILES string of the molecule is O=C1C(=O)N(c2cccc(Cl)c2)C(c2ccco2)/C1=C(/O)c1cccc2ccccc12. The minimum absolute atomic E-state index is 0.0312. The number of hydrogen-bond donors (Lipinski definition) is 1. The summed E-state index contributed by atoms with van der Waals surface area (Å²) < 4.78 is 5.58. The third kappa shape index (κ3) is 3.10. The molecule has 6 heteroatoms. The van der Waals surface area contributed by atoms with Gasteiger partial charge in [-0.15, -0.1) is 0 Å². The van der Waals surface area contributed by atoms with Gasteiger partial charge in [0.2, 0.25) is 0 Å². The summed E-state index contributed by atoms with van der Waals surface area (Å²) in [6, 6.07) is 22.0. The summed E-state index contributed by atoms with van der Waals surface area (Å²) in [5.41, 5.74) is 0.878. The quantitative estimate of drug-likeness (QED) is 0.257. The highest BCUT2D eigenvalue weighted by Crippen LogP contribution is 2.43. The second kappa shape index (κ2) is 7.45. The van der Waals surface area contributed by atoms with E-state index in [1.165, 1.54) is 11.2 Å². The number of amides is 1. The number of rotatable bonds is 3. The van der Waals surface area contributed by atoms with Gasteiger partial charge in [0, 0.05) is 16.3 Å². The summed E-state index contributed by atoms with van der Waals surface area (Å²) in [4.78, 5) is 27.5. The van der Waals surface area contributed by atoms with Crippen LogP contribution in [0, 0.1) is 0 Å². The molecule has 0 bridgehead atoms. The number of nitrogens with zero attached hydrogens (tertiary/aromatic N) is 1. The molecule has 1 unspecified atom stereocenters. The second-order valence-electron chi connectivity index (χ2n) is 7.19. The molecule has 152 valence electrons. The van der Waals surface area contributed by atoms with E-state index in [2.05, 4.69) is 0 Å². The number of ketones is 1. The largest absolute Gasteiger partial charge is 0.507 e. The Labute approximate surface area is 182 Å². The number of carbonyl (C=O) groups is 2. The van der Waals surface area contributed by atoms with Gasteiger partial charge in [0.15, 0.2) is 0 Å². The van der Waals surface area contributed by atoms with E-state index in [4.69, 9.17) is 16.0 Å². The molecule has 0 radical (unpaired) electrons. The van der Waals surface area contributed by atoms with E-state index < -0.39 is 17.7 Å². The lowest BCUT2D eigenvalue weighted by Gasteiger charge is -2.23. The number of furan rings is 1. The minimum Gasteiger partial charge on any atom is -0.507 e. The van der Waals surface area contributed by atoms with Crippen molar-refractivity contribution in [2.45, 2.75) is 6.04 Å². The monoisotopic (exact) mass is 429 g/mol. The molecule has 3 aromatic carbocycles. The van der Waals surface area contributed by atoms with Gasteiger partial charge in [-0.25, -0.2) is 0 Å². The van der Waals surface area contributed by atoms with Crippen LogP contribution in [0.1, 0.15) is 17.4 Å². The molecule has 5 rings (SSSR count). The number of anilines is 1. The molecule has 31 heavy (non-hydrogen) atoms. The van der Waals surface area contributed by atoms with Crippen molar-refractivity contribution in [1.29, 1.82) is 0 Å². The maximum Gasteiger partial charge on any atom is 0.300 e. The first-order valence-corrected chi connectivity index (χ1v) is 10.0. The summed E-state index contributed by atoms with van der Waals surface area (Å²) in [6.07, 6.45) is 1.46. The van der Waals surface area contributed by atoms with E-state index in [1.807, 2.05) is 30.3 Å². The first-order chi connectivity index (χ1) is 15.1. The Hall–Kier alpha value is -3.83. The number of aliphatic hydroxyl groups excluding tert-OH is 1. The first-order valence-electron chi connectivity index (χ1n) is 9.64.